The van der Waals surface area contributed by atoms with Crippen LogP contribution in [0.5, 0.6) is 11.5 Å². The monoisotopic (exact) mass is 428 g/mol. The standard InChI is InChI=1S/C26H24N2O4/c1-4-32-19-15-13-18(14-16-19)23-24(27-20-10-6-8-12-22(20)31-3)26(30)28(25(23)29)21-11-7-5-9-17(21)2/h5-16,27H,4H2,1-3H3. The second-order valence-corrected chi connectivity index (χ2v) is 7.26. The molecule has 162 valence electrons. The number of benzene rings is 3. The van der Waals surface area contributed by atoms with E-state index in [1.54, 1.807) is 49.6 Å². The highest BCUT2D eigenvalue weighted by Crippen LogP contribution is 2.36. The van der Waals surface area contributed by atoms with E-state index in [0.717, 1.165) is 5.56 Å². The van der Waals surface area contributed by atoms with Gasteiger partial charge in [0, 0.05) is 0 Å². The number of anilines is 2. The van der Waals surface area contributed by atoms with Gasteiger partial charge < -0.3 is 14.8 Å². The predicted molar refractivity (Wildman–Crippen MR) is 125 cm³/mol. The zero-order valence-corrected chi connectivity index (χ0v) is 18.2. The minimum atomic E-state index is -0.418. The van der Waals surface area contributed by atoms with Crippen LogP contribution in [0.4, 0.5) is 11.4 Å². The molecule has 1 aliphatic rings. The molecule has 0 unspecified atom stereocenters. The highest BCUT2D eigenvalue weighted by Gasteiger charge is 2.41. The van der Waals surface area contributed by atoms with Crippen molar-refractivity contribution in [2.24, 2.45) is 0 Å². The Bertz CT molecular complexity index is 1200. The van der Waals surface area contributed by atoms with Crippen molar-refractivity contribution in [3.05, 3.63) is 89.6 Å². The first-order chi connectivity index (χ1) is 15.5. The lowest BCUT2D eigenvalue weighted by Crippen LogP contribution is -2.33. The van der Waals surface area contributed by atoms with E-state index in [1.165, 1.54) is 4.90 Å². The molecule has 0 radical (unpaired) electrons. The van der Waals surface area contributed by atoms with Gasteiger partial charge in [0.1, 0.15) is 17.2 Å². The summed E-state index contributed by atoms with van der Waals surface area (Å²) in [5.74, 6) is 0.467. The van der Waals surface area contributed by atoms with Gasteiger partial charge in [0.25, 0.3) is 11.8 Å². The van der Waals surface area contributed by atoms with E-state index in [0.29, 0.717) is 40.6 Å². The molecule has 3 aromatic carbocycles. The molecule has 0 bridgehead atoms. The lowest BCUT2D eigenvalue weighted by atomic mass is 10.0. The summed E-state index contributed by atoms with van der Waals surface area (Å²) in [5.41, 5.74) is 3.11. The number of para-hydroxylation sites is 3. The molecule has 0 spiro atoms. The highest BCUT2D eigenvalue weighted by atomic mass is 16.5. The summed E-state index contributed by atoms with van der Waals surface area (Å²) >= 11 is 0. The van der Waals surface area contributed by atoms with Crippen molar-refractivity contribution in [2.75, 3.05) is 23.9 Å². The van der Waals surface area contributed by atoms with E-state index in [4.69, 9.17) is 9.47 Å². The third kappa shape index (κ3) is 3.83. The average molecular weight is 428 g/mol. The van der Waals surface area contributed by atoms with Crippen LogP contribution in [0.2, 0.25) is 0 Å². The first kappa shape index (κ1) is 21.2. The van der Waals surface area contributed by atoms with Crippen LogP contribution in [0.15, 0.2) is 78.5 Å². The molecule has 0 aliphatic carbocycles. The molecule has 0 fully saturated rings. The molecule has 6 nitrogen and oxygen atoms in total. The molecule has 3 aromatic rings. The van der Waals surface area contributed by atoms with Crippen molar-refractivity contribution in [2.45, 2.75) is 13.8 Å². The van der Waals surface area contributed by atoms with Crippen LogP contribution in [0.25, 0.3) is 5.57 Å². The first-order valence-electron chi connectivity index (χ1n) is 10.4. The van der Waals surface area contributed by atoms with Crippen molar-refractivity contribution in [1.82, 2.24) is 0 Å². The molecule has 4 rings (SSSR count). The Morgan fingerprint density at radius 2 is 1.56 bits per heavy atom. The highest BCUT2D eigenvalue weighted by molar-refractivity contribution is 6.46. The molecule has 1 aliphatic heterocycles. The van der Waals surface area contributed by atoms with Gasteiger partial charge in [0.05, 0.1) is 30.7 Å². The van der Waals surface area contributed by atoms with Gasteiger partial charge in [0.2, 0.25) is 0 Å². The van der Waals surface area contributed by atoms with E-state index in [2.05, 4.69) is 5.32 Å². The molecule has 0 aromatic heterocycles. The number of ether oxygens (including phenoxy) is 2. The Labute approximate surface area is 187 Å². The fourth-order valence-corrected chi connectivity index (χ4v) is 3.71. The van der Waals surface area contributed by atoms with Crippen LogP contribution in [0.1, 0.15) is 18.1 Å². The normalized spacial score (nSPS) is 13.5. The van der Waals surface area contributed by atoms with Gasteiger partial charge in [-0.25, -0.2) is 4.90 Å². The number of amides is 2. The van der Waals surface area contributed by atoms with Crippen molar-refractivity contribution in [3.63, 3.8) is 0 Å². The maximum absolute atomic E-state index is 13.6. The molecule has 1 heterocycles. The quantitative estimate of drug-likeness (QED) is 0.548. The summed E-state index contributed by atoms with van der Waals surface area (Å²) in [6.07, 6.45) is 0. The minimum absolute atomic E-state index is 0.201. The summed E-state index contributed by atoms with van der Waals surface area (Å²) in [4.78, 5) is 28.3. The van der Waals surface area contributed by atoms with Crippen LogP contribution in [-0.2, 0) is 9.59 Å². The maximum Gasteiger partial charge on any atom is 0.282 e. The molecule has 6 heteroatoms. The van der Waals surface area contributed by atoms with Crippen molar-refractivity contribution >= 4 is 28.8 Å². The smallest absolute Gasteiger partial charge is 0.282 e. The molecular formula is C26H24N2O4. The van der Waals surface area contributed by atoms with Crippen molar-refractivity contribution in [1.29, 1.82) is 0 Å². The Morgan fingerprint density at radius 3 is 2.25 bits per heavy atom. The second kappa shape index (κ2) is 8.98. The average Bonchev–Trinajstić information content (AvgIpc) is 3.05. The number of hydrogen-bond donors (Lipinski definition) is 1. The number of carbonyl (C=O) groups is 2. The second-order valence-electron chi connectivity index (χ2n) is 7.26. The van der Waals surface area contributed by atoms with Crippen LogP contribution in [-0.4, -0.2) is 25.5 Å². The number of aryl methyl sites for hydroxylation is 1. The summed E-state index contributed by atoms with van der Waals surface area (Å²) in [6, 6.07) is 21.8. The number of nitrogens with zero attached hydrogens (tertiary/aromatic N) is 1. The fourth-order valence-electron chi connectivity index (χ4n) is 3.71. The van der Waals surface area contributed by atoms with Gasteiger partial charge in [0.15, 0.2) is 0 Å². The van der Waals surface area contributed by atoms with Crippen LogP contribution >= 0.6 is 0 Å². The SMILES string of the molecule is CCOc1ccc(C2=C(Nc3ccccc3OC)C(=O)N(c3ccccc3C)C2=O)cc1. The Kier molecular flexibility index (Phi) is 5.94. The van der Waals surface area contributed by atoms with Crippen LogP contribution in [0, 0.1) is 6.92 Å². The third-order valence-electron chi connectivity index (χ3n) is 5.26. The van der Waals surface area contributed by atoms with Gasteiger partial charge >= 0.3 is 0 Å². The molecule has 0 saturated carbocycles. The van der Waals surface area contributed by atoms with Gasteiger partial charge in [-0.3, -0.25) is 9.59 Å². The maximum atomic E-state index is 13.6. The largest absolute Gasteiger partial charge is 0.495 e. The van der Waals surface area contributed by atoms with Crippen molar-refractivity contribution in [3.8, 4) is 11.5 Å². The Balaban J connectivity index is 1.83. The molecule has 0 saturated heterocycles. The predicted octanol–water partition coefficient (Wildman–Crippen LogP) is 4.80. The number of methoxy groups -OCH3 is 1. The molecule has 0 atom stereocenters. The van der Waals surface area contributed by atoms with Crippen LogP contribution < -0.4 is 19.7 Å². The van der Waals surface area contributed by atoms with Gasteiger partial charge in [-0.15, -0.1) is 0 Å². The van der Waals surface area contributed by atoms with E-state index in [1.807, 2.05) is 44.2 Å². The summed E-state index contributed by atoms with van der Waals surface area (Å²) in [5, 5.41) is 3.16. The van der Waals surface area contributed by atoms with E-state index in [-0.39, 0.29) is 11.6 Å². The lowest BCUT2D eigenvalue weighted by molar-refractivity contribution is -0.120. The van der Waals surface area contributed by atoms with Gasteiger partial charge in [-0.1, -0.05) is 42.5 Å². The number of imide groups is 1. The van der Waals surface area contributed by atoms with Crippen LogP contribution in [0.3, 0.4) is 0 Å². The molecule has 1 N–H and O–H groups in total. The number of hydrogen-bond acceptors (Lipinski definition) is 5. The topological polar surface area (TPSA) is 67.9 Å². The zero-order chi connectivity index (χ0) is 22.7. The summed E-state index contributed by atoms with van der Waals surface area (Å²) < 4.78 is 10.9. The number of rotatable bonds is 7. The lowest BCUT2D eigenvalue weighted by Gasteiger charge is -2.18. The van der Waals surface area contributed by atoms with Crippen molar-refractivity contribution < 1.29 is 19.1 Å². The molecule has 32 heavy (non-hydrogen) atoms. The summed E-state index contributed by atoms with van der Waals surface area (Å²) in [7, 11) is 1.56. The Hall–Kier alpha value is -4.06. The first-order valence-corrected chi connectivity index (χ1v) is 10.4. The third-order valence-corrected chi connectivity index (χ3v) is 5.26. The molecule has 2 amide bonds. The fraction of sp³-hybridized carbons (Fsp3) is 0.154. The van der Waals surface area contributed by atoms with E-state index in [9.17, 15) is 9.59 Å². The Morgan fingerprint density at radius 1 is 0.875 bits per heavy atom. The summed E-state index contributed by atoms with van der Waals surface area (Å²) in [6.45, 7) is 4.32. The van der Waals surface area contributed by atoms with E-state index < -0.39 is 5.91 Å². The minimum Gasteiger partial charge on any atom is -0.495 e. The van der Waals surface area contributed by atoms with Gasteiger partial charge in [-0.2, -0.15) is 0 Å². The zero-order valence-electron chi connectivity index (χ0n) is 18.2. The molecular weight excluding hydrogens is 404 g/mol. The van der Waals surface area contributed by atoms with E-state index >= 15 is 0 Å². The van der Waals surface area contributed by atoms with Gasteiger partial charge in [-0.05, 0) is 55.3 Å². The number of carbonyl (C=O) groups excluding carboxylic acids is 2. The number of nitrogens with one attached hydrogen (secondary N) is 1.